The molecule has 20 heavy (non-hydrogen) atoms. The zero-order chi connectivity index (χ0) is 14.1. The number of H-pyrrole nitrogens is 1. The molecule has 2 heterocycles. The molecule has 1 amide bonds. The van der Waals surface area contributed by atoms with E-state index < -0.39 is 0 Å². The van der Waals surface area contributed by atoms with Crippen LogP contribution in [0.15, 0.2) is 10.6 Å². The second-order valence-electron chi connectivity index (χ2n) is 5.31. The first-order chi connectivity index (χ1) is 9.65. The van der Waals surface area contributed by atoms with Gasteiger partial charge in [-0.05, 0) is 38.7 Å². The number of aryl methyl sites for hydroxylation is 2. The van der Waals surface area contributed by atoms with E-state index in [2.05, 4.69) is 20.7 Å². The number of nitrogens with one attached hydrogen (secondary N) is 2. The van der Waals surface area contributed by atoms with Crippen LogP contribution in [-0.4, -0.2) is 27.8 Å². The Labute approximate surface area is 116 Å². The second kappa shape index (κ2) is 5.11. The van der Waals surface area contributed by atoms with Crippen molar-refractivity contribution in [2.24, 2.45) is 0 Å². The van der Waals surface area contributed by atoms with Crippen LogP contribution in [0, 0.1) is 13.8 Å². The second-order valence-corrected chi connectivity index (χ2v) is 5.31. The summed E-state index contributed by atoms with van der Waals surface area (Å²) < 4.78 is 5.17. The first-order valence-corrected chi connectivity index (χ1v) is 6.90. The number of hydrogen-bond donors (Lipinski definition) is 2. The van der Waals surface area contributed by atoms with Gasteiger partial charge in [-0.25, -0.2) is 0 Å². The molecule has 0 spiro atoms. The highest BCUT2D eigenvalue weighted by atomic mass is 16.5. The van der Waals surface area contributed by atoms with Gasteiger partial charge in [0, 0.05) is 24.2 Å². The van der Waals surface area contributed by atoms with Crippen LogP contribution >= 0.6 is 0 Å². The minimum absolute atomic E-state index is 0.181. The van der Waals surface area contributed by atoms with Crippen LogP contribution in [0.25, 0.3) is 0 Å². The van der Waals surface area contributed by atoms with Crippen LogP contribution in [0.1, 0.15) is 52.0 Å². The Morgan fingerprint density at radius 3 is 2.95 bits per heavy atom. The molecule has 0 saturated heterocycles. The number of rotatable bonds is 5. The standard InChI is InChI=1S/C14H18N4O2/c1-8-11(9(2)17-16-8)5-6-15-14(19)12-7-13(20-18-12)10-3-4-10/h7,10H,3-6H2,1-2H3,(H,15,19)(H,16,17). The monoisotopic (exact) mass is 274 g/mol. The third-order valence-corrected chi connectivity index (χ3v) is 3.68. The lowest BCUT2D eigenvalue weighted by molar-refractivity contribution is 0.0945. The molecule has 1 fully saturated rings. The van der Waals surface area contributed by atoms with E-state index >= 15 is 0 Å². The molecule has 3 rings (SSSR count). The van der Waals surface area contributed by atoms with Crippen LogP contribution in [-0.2, 0) is 6.42 Å². The molecule has 6 heteroatoms. The Hall–Kier alpha value is -2.11. The number of carbonyl (C=O) groups excluding carboxylic acids is 1. The molecular weight excluding hydrogens is 256 g/mol. The van der Waals surface area contributed by atoms with Crippen LogP contribution < -0.4 is 5.32 Å². The summed E-state index contributed by atoms with van der Waals surface area (Å²) in [6, 6.07) is 1.75. The van der Waals surface area contributed by atoms with Gasteiger partial charge in [0.2, 0.25) is 0 Å². The topological polar surface area (TPSA) is 83.8 Å². The zero-order valence-corrected chi connectivity index (χ0v) is 11.7. The van der Waals surface area contributed by atoms with Gasteiger partial charge < -0.3 is 9.84 Å². The Balaban J connectivity index is 1.53. The van der Waals surface area contributed by atoms with Gasteiger partial charge in [-0.15, -0.1) is 0 Å². The molecule has 0 unspecified atom stereocenters. The summed E-state index contributed by atoms with van der Waals surface area (Å²) in [5.74, 6) is 1.12. The van der Waals surface area contributed by atoms with Crippen molar-refractivity contribution in [2.75, 3.05) is 6.54 Å². The van der Waals surface area contributed by atoms with Gasteiger partial charge in [0.1, 0.15) is 5.76 Å². The molecule has 1 saturated carbocycles. The maximum absolute atomic E-state index is 11.9. The highest BCUT2D eigenvalue weighted by molar-refractivity contribution is 5.92. The Morgan fingerprint density at radius 2 is 2.30 bits per heavy atom. The molecule has 0 bridgehead atoms. The van der Waals surface area contributed by atoms with Gasteiger partial charge in [-0.1, -0.05) is 5.16 Å². The molecule has 106 valence electrons. The molecule has 2 aromatic rings. The summed E-state index contributed by atoms with van der Waals surface area (Å²) in [6.07, 6.45) is 3.03. The lowest BCUT2D eigenvalue weighted by Gasteiger charge is -2.03. The fraction of sp³-hybridized carbons (Fsp3) is 0.500. The normalized spacial score (nSPS) is 14.5. The number of hydrogen-bond acceptors (Lipinski definition) is 4. The maximum Gasteiger partial charge on any atom is 0.273 e. The molecule has 1 aliphatic rings. The highest BCUT2D eigenvalue weighted by Crippen LogP contribution is 2.40. The first-order valence-electron chi connectivity index (χ1n) is 6.90. The number of nitrogens with zero attached hydrogens (tertiary/aromatic N) is 2. The quantitative estimate of drug-likeness (QED) is 0.871. The van der Waals surface area contributed by atoms with Crippen molar-refractivity contribution in [3.05, 3.63) is 34.5 Å². The molecule has 2 N–H and O–H groups in total. The number of carbonyl (C=O) groups is 1. The minimum Gasteiger partial charge on any atom is -0.360 e. The van der Waals surface area contributed by atoms with Gasteiger partial charge in [-0.2, -0.15) is 5.10 Å². The van der Waals surface area contributed by atoms with E-state index in [1.807, 2.05) is 13.8 Å². The van der Waals surface area contributed by atoms with Crippen molar-refractivity contribution < 1.29 is 9.32 Å². The maximum atomic E-state index is 11.9. The van der Waals surface area contributed by atoms with E-state index in [1.54, 1.807) is 6.07 Å². The number of amides is 1. The van der Waals surface area contributed by atoms with Crippen molar-refractivity contribution >= 4 is 5.91 Å². The Morgan fingerprint density at radius 1 is 1.50 bits per heavy atom. The third-order valence-electron chi connectivity index (χ3n) is 3.68. The fourth-order valence-electron chi connectivity index (χ4n) is 2.29. The molecule has 0 aromatic carbocycles. The summed E-state index contributed by atoms with van der Waals surface area (Å²) in [7, 11) is 0. The number of aromatic nitrogens is 3. The molecule has 0 atom stereocenters. The van der Waals surface area contributed by atoms with E-state index in [0.717, 1.165) is 42.0 Å². The van der Waals surface area contributed by atoms with Gasteiger partial charge in [0.15, 0.2) is 5.69 Å². The van der Waals surface area contributed by atoms with Crippen LogP contribution in [0.5, 0.6) is 0 Å². The lowest BCUT2D eigenvalue weighted by Crippen LogP contribution is -2.26. The van der Waals surface area contributed by atoms with Crippen molar-refractivity contribution in [1.82, 2.24) is 20.7 Å². The highest BCUT2D eigenvalue weighted by Gasteiger charge is 2.28. The minimum atomic E-state index is -0.181. The Bertz CT molecular complexity index is 605. The van der Waals surface area contributed by atoms with Crippen LogP contribution in [0.2, 0.25) is 0 Å². The summed E-state index contributed by atoms with van der Waals surface area (Å²) >= 11 is 0. The predicted molar refractivity (Wildman–Crippen MR) is 72.6 cm³/mol. The molecule has 0 radical (unpaired) electrons. The van der Waals surface area contributed by atoms with E-state index in [4.69, 9.17) is 4.52 Å². The van der Waals surface area contributed by atoms with E-state index in [9.17, 15) is 4.79 Å². The van der Waals surface area contributed by atoms with E-state index in [1.165, 1.54) is 0 Å². The zero-order valence-electron chi connectivity index (χ0n) is 11.7. The van der Waals surface area contributed by atoms with E-state index in [0.29, 0.717) is 18.2 Å². The fourth-order valence-corrected chi connectivity index (χ4v) is 2.29. The van der Waals surface area contributed by atoms with Crippen molar-refractivity contribution in [1.29, 1.82) is 0 Å². The van der Waals surface area contributed by atoms with Crippen molar-refractivity contribution in [3.63, 3.8) is 0 Å². The van der Waals surface area contributed by atoms with E-state index in [-0.39, 0.29) is 5.91 Å². The van der Waals surface area contributed by atoms with Crippen LogP contribution in [0.3, 0.4) is 0 Å². The average molecular weight is 274 g/mol. The molecule has 6 nitrogen and oxygen atoms in total. The summed E-state index contributed by atoms with van der Waals surface area (Å²) in [5, 5.41) is 13.8. The first kappa shape index (κ1) is 12.9. The van der Waals surface area contributed by atoms with Gasteiger partial charge >= 0.3 is 0 Å². The smallest absolute Gasteiger partial charge is 0.273 e. The van der Waals surface area contributed by atoms with Crippen molar-refractivity contribution in [2.45, 2.75) is 39.0 Å². The van der Waals surface area contributed by atoms with Gasteiger partial charge in [-0.3, -0.25) is 9.89 Å². The lowest BCUT2D eigenvalue weighted by atomic mass is 10.1. The van der Waals surface area contributed by atoms with Gasteiger partial charge in [0.05, 0.1) is 5.69 Å². The molecule has 0 aliphatic heterocycles. The summed E-state index contributed by atoms with van der Waals surface area (Å²) in [4.78, 5) is 11.9. The van der Waals surface area contributed by atoms with Gasteiger partial charge in [0.25, 0.3) is 5.91 Å². The summed E-state index contributed by atoms with van der Waals surface area (Å²) in [5.41, 5.74) is 3.56. The molecular formula is C14H18N4O2. The molecule has 1 aliphatic carbocycles. The van der Waals surface area contributed by atoms with Crippen molar-refractivity contribution in [3.8, 4) is 0 Å². The molecule has 2 aromatic heterocycles. The Kier molecular flexibility index (Phi) is 3.30. The third kappa shape index (κ3) is 2.59. The average Bonchev–Trinajstić information content (AvgIpc) is 3.08. The number of aromatic amines is 1. The predicted octanol–water partition coefficient (Wildman–Crippen LogP) is 1.86. The van der Waals surface area contributed by atoms with Crippen LogP contribution in [0.4, 0.5) is 0 Å². The summed E-state index contributed by atoms with van der Waals surface area (Å²) in [6.45, 7) is 4.50. The largest absolute Gasteiger partial charge is 0.360 e. The SMILES string of the molecule is Cc1n[nH]c(C)c1CCNC(=O)c1cc(C2CC2)on1.